The lowest BCUT2D eigenvalue weighted by atomic mass is 10.1. The quantitative estimate of drug-likeness (QED) is 0.548. The van der Waals surface area contributed by atoms with Crippen molar-refractivity contribution < 1.29 is 4.39 Å². The number of aromatic amines is 1. The van der Waals surface area contributed by atoms with E-state index in [1.165, 1.54) is 6.07 Å². The first-order valence-electron chi connectivity index (χ1n) is 6.32. The van der Waals surface area contributed by atoms with Crippen molar-refractivity contribution in [3.63, 3.8) is 0 Å². The minimum absolute atomic E-state index is 0.0147. The Hall–Kier alpha value is -1.17. The molecular weight excluding hydrogens is 375 g/mol. The van der Waals surface area contributed by atoms with E-state index in [1.54, 1.807) is 6.07 Å². The van der Waals surface area contributed by atoms with Crippen molar-refractivity contribution in [3.8, 4) is 0 Å². The molecule has 1 N–H and O–H groups in total. The van der Waals surface area contributed by atoms with Gasteiger partial charge in [0.15, 0.2) is 4.77 Å². The molecular formula is C15H11BrClFN2S. The van der Waals surface area contributed by atoms with Gasteiger partial charge >= 0.3 is 0 Å². The van der Waals surface area contributed by atoms with E-state index in [2.05, 4.69) is 20.9 Å². The first kappa shape index (κ1) is 14.8. The maximum Gasteiger partial charge on any atom is 0.178 e. The number of H-pyrrole nitrogens is 1. The van der Waals surface area contributed by atoms with Gasteiger partial charge in [-0.25, -0.2) is 4.39 Å². The van der Waals surface area contributed by atoms with Crippen LogP contribution in [-0.2, 0) is 0 Å². The van der Waals surface area contributed by atoms with Gasteiger partial charge in [-0.05, 0) is 58.8 Å². The van der Waals surface area contributed by atoms with Crippen molar-refractivity contribution in [2.24, 2.45) is 0 Å². The van der Waals surface area contributed by atoms with Gasteiger partial charge in [0.25, 0.3) is 0 Å². The molecule has 1 unspecified atom stereocenters. The zero-order valence-corrected chi connectivity index (χ0v) is 14.2. The Morgan fingerprint density at radius 3 is 2.62 bits per heavy atom. The predicted molar refractivity (Wildman–Crippen MR) is 90.0 cm³/mol. The van der Waals surface area contributed by atoms with E-state index in [-0.39, 0.29) is 11.9 Å². The van der Waals surface area contributed by atoms with E-state index in [1.807, 2.05) is 35.8 Å². The van der Waals surface area contributed by atoms with Crippen molar-refractivity contribution >= 4 is 50.8 Å². The molecule has 0 saturated carbocycles. The summed E-state index contributed by atoms with van der Waals surface area (Å²) in [6.45, 7) is 2.05. The van der Waals surface area contributed by atoms with Gasteiger partial charge in [-0.15, -0.1) is 0 Å². The van der Waals surface area contributed by atoms with Gasteiger partial charge < -0.3 is 9.55 Å². The number of hydrogen-bond acceptors (Lipinski definition) is 1. The average Bonchev–Trinajstić information content (AvgIpc) is 2.75. The Labute approximate surface area is 139 Å². The standard InChI is InChI=1S/C15H11BrClFN2S/c1-8(9-2-4-10(17)5-3-9)20-14-6-11(16)12(18)7-13(14)19-15(20)21/h2-8H,1H3,(H,19,21). The maximum atomic E-state index is 13.6. The first-order chi connectivity index (χ1) is 9.97. The van der Waals surface area contributed by atoms with Crippen molar-refractivity contribution in [1.82, 2.24) is 9.55 Å². The second-order valence-corrected chi connectivity index (χ2v) is 6.49. The van der Waals surface area contributed by atoms with Gasteiger partial charge in [-0.1, -0.05) is 23.7 Å². The fourth-order valence-electron chi connectivity index (χ4n) is 2.40. The van der Waals surface area contributed by atoms with Crippen molar-refractivity contribution in [2.75, 3.05) is 0 Å². The van der Waals surface area contributed by atoms with E-state index >= 15 is 0 Å². The lowest BCUT2D eigenvalue weighted by molar-refractivity contribution is 0.621. The van der Waals surface area contributed by atoms with Crippen LogP contribution in [0.15, 0.2) is 40.9 Å². The highest BCUT2D eigenvalue weighted by Gasteiger charge is 2.15. The molecule has 0 radical (unpaired) electrons. The molecule has 1 aromatic heterocycles. The molecule has 0 bridgehead atoms. The number of halogens is 3. The van der Waals surface area contributed by atoms with Crippen molar-refractivity contribution in [1.29, 1.82) is 0 Å². The molecule has 0 aliphatic carbocycles. The summed E-state index contributed by atoms with van der Waals surface area (Å²) in [6.07, 6.45) is 0. The molecule has 0 aliphatic heterocycles. The normalized spacial score (nSPS) is 12.8. The summed E-state index contributed by atoms with van der Waals surface area (Å²) in [5.74, 6) is -0.315. The molecule has 3 aromatic rings. The Morgan fingerprint density at radius 2 is 1.95 bits per heavy atom. The number of imidazole rings is 1. The van der Waals surface area contributed by atoms with E-state index < -0.39 is 0 Å². The highest BCUT2D eigenvalue weighted by atomic mass is 79.9. The zero-order valence-electron chi connectivity index (χ0n) is 11.0. The monoisotopic (exact) mass is 384 g/mol. The predicted octanol–water partition coefficient (Wildman–Crippen LogP) is 5.86. The zero-order chi connectivity index (χ0) is 15.1. The molecule has 2 nitrogen and oxygen atoms in total. The Bertz CT molecular complexity index is 870. The molecule has 21 heavy (non-hydrogen) atoms. The van der Waals surface area contributed by atoms with E-state index in [0.29, 0.717) is 19.8 Å². The second-order valence-electron chi connectivity index (χ2n) is 4.81. The number of nitrogens with one attached hydrogen (secondary N) is 1. The van der Waals surface area contributed by atoms with Crippen LogP contribution in [0.5, 0.6) is 0 Å². The highest BCUT2D eigenvalue weighted by molar-refractivity contribution is 9.10. The van der Waals surface area contributed by atoms with Crippen LogP contribution in [0.25, 0.3) is 11.0 Å². The topological polar surface area (TPSA) is 20.7 Å². The lowest BCUT2D eigenvalue weighted by Gasteiger charge is -2.15. The van der Waals surface area contributed by atoms with Crippen LogP contribution in [0, 0.1) is 10.6 Å². The summed E-state index contributed by atoms with van der Waals surface area (Å²) in [5, 5.41) is 0.693. The summed E-state index contributed by atoms with van der Waals surface area (Å²) in [5.41, 5.74) is 2.62. The Kier molecular flexibility index (Phi) is 3.90. The SMILES string of the molecule is CC(c1ccc(Cl)cc1)n1c(=S)[nH]c2cc(F)c(Br)cc21. The fourth-order valence-corrected chi connectivity index (χ4v) is 3.22. The molecule has 108 valence electrons. The molecule has 6 heteroatoms. The molecule has 3 rings (SSSR count). The third-order valence-electron chi connectivity index (χ3n) is 3.50. The Morgan fingerprint density at radius 1 is 1.29 bits per heavy atom. The largest absolute Gasteiger partial charge is 0.330 e. The molecule has 0 amide bonds. The van der Waals surface area contributed by atoms with Gasteiger partial charge in [0, 0.05) is 11.1 Å². The first-order valence-corrected chi connectivity index (χ1v) is 7.90. The number of fused-ring (bicyclic) bond motifs is 1. The van der Waals surface area contributed by atoms with Crippen LogP contribution in [0.3, 0.4) is 0 Å². The number of benzene rings is 2. The number of hydrogen-bond donors (Lipinski definition) is 1. The third-order valence-corrected chi connectivity index (χ3v) is 4.66. The minimum Gasteiger partial charge on any atom is -0.330 e. The van der Waals surface area contributed by atoms with Crippen LogP contribution >= 0.6 is 39.7 Å². The minimum atomic E-state index is -0.315. The van der Waals surface area contributed by atoms with Crippen LogP contribution in [0.4, 0.5) is 4.39 Å². The average molecular weight is 386 g/mol. The summed E-state index contributed by atoms with van der Waals surface area (Å²) >= 11 is 14.5. The summed E-state index contributed by atoms with van der Waals surface area (Å²) in [6, 6.07) is 10.8. The highest BCUT2D eigenvalue weighted by Crippen LogP contribution is 2.28. The van der Waals surface area contributed by atoms with Crippen LogP contribution < -0.4 is 0 Å². The van der Waals surface area contributed by atoms with E-state index in [9.17, 15) is 4.39 Å². The number of aromatic nitrogens is 2. The second kappa shape index (κ2) is 5.55. The molecule has 0 aliphatic rings. The van der Waals surface area contributed by atoms with Gasteiger partial charge in [-0.2, -0.15) is 0 Å². The van der Waals surface area contributed by atoms with Gasteiger partial charge in [0.1, 0.15) is 5.82 Å². The number of rotatable bonds is 2. The molecule has 0 fully saturated rings. The van der Waals surface area contributed by atoms with Gasteiger partial charge in [0.2, 0.25) is 0 Å². The molecule has 0 saturated heterocycles. The van der Waals surface area contributed by atoms with Crippen LogP contribution in [-0.4, -0.2) is 9.55 Å². The Balaban J connectivity index is 2.19. The maximum absolute atomic E-state index is 13.6. The lowest BCUT2D eigenvalue weighted by Crippen LogP contribution is -2.06. The number of nitrogens with zero attached hydrogens (tertiary/aromatic N) is 1. The van der Waals surface area contributed by atoms with Crippen molar-refractivity contribution in [3.05, 3.63) is 62.0 Å². The fraction of sp³-hybridized carbons (Fsp3) is 0.133. The summed E-state index contributed by atoms with van der Waals surface area (Å²) in [7, 11) is 0. The molecule has 1 heterocycles. The molecule has 0 spiro atoms. The molecule has 2 aromatic carbocycles. The third kappa shape index (κ3) is 2.65. The molecule has 1 atom stereocenters. The van der Waals surface area contributed by atoms with Gasteiger partial charge in [-0.3, -0.25) is 0 Å². The smallest absolute Gasteiger partial charge is 0.178 e. The van der Waals surface area contributed by atoms with Crippen LogP contribution in [0.1, 0.15) is 18.5 Å². The summed E-state index contributed by atoms with van der Waals surface area (Å²) in [4.78, 5) is 3.05. The van der Waals surface area contributed by atoms with Crippen molar-refractivity contribution in [2.45, 2.75) is 13.0 Å². The van der Waals surface area contributed by atoms with Crippen LogP contribution in [0.2, 0.25) is 5.02 Å². The summed E-state index contributed by atoms with van der Waals surface area (Å²) < 4.78 is 16.6. The van der Waals surface area contributed by atoms with Gasteiger partial charge in [0.05, 0.1) is 21.5 Å². The van der Waals surface area contributed by atoms with E-state index in [0.717, 1.165) is 11.1 Å². The van der Waals surface area contributed by atoms with E-state index in [4.69, 9.17) is 23.8 Å².